The van der Waals surface area contributed by atoms with Gasteiger partial charge in [-0.15, -0.1) is 11.8 Å². The molecule has 1 unspecified atom stereocenters. The van der Waals surface area contributed by atoms with Gasteiger partial charge in [-0.2, -0.15) is 4.31 Å². The van der Waals surface area contributed by atoms with Gasteiger partial charge in [-0.3, -0.25) is 0 Å². The normalized spacial score (nSPS) is 19.6. The predicted octanol–water partition coefficient (Wildman–Crippen LogP) is 2.98. The first kappa shape index (κ1) is 16.5. The van der Waals surface area contributed by atoms with Gasteiger partial charge < -0.3 is 4.57 Å². The minimum Gasteiger partial charge on any atom is -0.336 e. The SMILES string of the molecule is CC(C)c1nc(S(=O)(=O)N2CCSC2c2ccccc2)cn1C. The lowest BCUT2D eigenvalue weighted by molar-refractivity contribution is 0.432. The molecular weight excluding hydrogens is 330 g/mol. The zero-order valence-electron chi connectivity index (χ0n) is 13.5. The number of aryl methyl sites for hydroxylation is 1. The molecule has 0 aliphatic carbocycles. The summed E-state index contributed by atoms with van der Waals surface area (Å²) in [4.78, 5) is 4.38. The molecule has 0 spiro atoms. The quantitative estimate of drug-likeness (QED) is 0.850. The van der Waals surface area contributed by atoms with Gasteiger partial charge in [0, 0.05) is 31.5 Å². The summed E-state index contributed by atoms with van der Waals surface area (Å²) in [5.74, 6) is 1.76. The highest BCUT2D eigenvalue weighted by Crippen LogP contribution is 2.41. The average molecular weight is 351 g/mol. The Bertz CT molecular complexity index is 785. The van der Waals surface area contributed by atoms with E-state index in [1.54, 1.807) is 26.8 Å². The van der Waals surface area contributed by atoms with Crippen molar-refractivity contribution in [2.45, 2.75) is 30.2 Å². The maximum Gasteiger partial charge on any atom is 0.263 e. The van der Waals surface area contributed by atoms with Gasteiger partial charge in [-0.05, 0) is 5.56 Å². The Labute approximate surface area is 141 Å². The Balaban J connectivity index is 1.97. The van der Waals surface area contributed by atoms with Crippen molar-refractivity contribution in [1.29, 1.82) is 0 Å². The molecule has 7 heteroatoms. The molecule has 0 saturated carbocycles. The molecule has 124 valence electrons. The van der Waals surface area contributed by atoms with Crippen LogP contribution in [0, 0.1) is 0 Å². The molecule has 0 radical (unpaired) electrons. The van der Waals surface area contributed by atoms with Gasteiger partial charge in [0.05, 0.1) is 5.37 Å². The molecule has 1 atom stereocenters. The van der Waals surface area contributed by atoms with Crippen LogP contribution in [0.4, 0.5) is 0 Å². The summed E-state index contributed by atoms with van der Waals surface area (Å²) in [6, 6.07) is 9.77. The van der Waals surface area contributed by atoms with E-state index in [0.717, 1.165) is 17.1 Å². The molecule has 2 aromatic rings. The van der Waals surface area contributed by atoms with Crippen molar-refractivity contribution in [3.63, 3.8) is 0 Å². The molecule has 0 bridgehead atoms. The second-order valence-corrected chi connectivity index (χ2v) is 8.98. The second-order valence-electron chi connectivity index (χ2n) is 5.95. The molecule has 1 aliphatic rings. The molecule has 2 heterocycles. The Kier molecular flexibility index (Phi) is 4.53. The third-order valence-electron chi connectivity index (χ3n) is 3.91. The van der Waals surface area contributed by atoms with Crippen LogP contribution in [-0.4, -0.2) is 34.6 Å². The lowest BCUT2D eigenvalue weighted by Gasteiger charge is -2.22. The van der Waals surface area contributed by atoms with Crippen molar-refractivity contribution in [2.24, 2.45) is 7.05 Å². The first-order chi connectivity index (χ1) is 10.9. The number of imidazole rings is 1. The van der Waals surface area contributed by atoms with Crippen molar-refractivity contribution >= 4 is 21.8 Å². The minimum absolute atomic E-state index is 0.145. The minimum atomic E-state index is -3.59. The number of rotatable bonds is 4. The van der Waals surface area contributed by atoms with E-state index in [1.807, 2.05) is 51.2 Å². The Hall–Kier alpha value is -1.31. The van der Waals surface area contributed by atoms with Crippen LogP contribution in [0.2, 0.25) is 0 Å². The highest BCUT2D eigenvalue weighted by Gasteiger charge is 2.38. The summed E-state index contributed by atoms with van der Waals surface area (Å²) in [6.45, 7) is 4.54. The van der Waals surface area contributed by atoms with Crippen molar-refractivity contribution in [3.05, 3.63) is 47.9 Å². The molecule has 1 aromatic carbocycles. The third-order valence-corrected chi connectivity index (χ3v) is 7.04. The van der Waals surface area contributed by atoms with Crippen molar-refractivity contribution in [2.75, 3.05) is 12.3 Å². The van der Waals surface area contributed by atoms with Crippen LogP contribution in [0.5, 0.6) is 0 Å². The summed E-state index contributed by atoms with van der Waals surface area (Å²) in [6.07, 6.45) is 1.62. The van der Waals surface area contributed by atoms with Crippen LogP contribution in [0.1, 0.15) is 36.5 Å². The van der Waals surface area contributed by atoms with E-state index in [9.17, 15) is 8.42 Å². The summed E-state index contributed by atoms with van der Waals surface area (Å²) < 4.78 is 29.5. The maximum absolute atomic E-state index is 13.0. The van der Waals surface area contributed by atoms with E-state index >= 15 is 0 Å². The third kappa shape index (κ3) is 3.05. The summed E-state index contributed by atoms with van der Waals surface area (Å²) in [5, 5.41) is -0.0298. The molecule has 23 heavy (non-hydrogen) atoms. The lowest BCUT2D eigenvalue weighted by atomic mass is 10.2. The molecule has 0 N–H and O–H groups in total. The zero-order valence-corrected chi connectivity index (χ0v) is 15.1. The molecule has 1 aliphatic heterocycles. The van der Waals surface area contributed by atoms with Crippen LogP contribution < -0.4 is 0 Å². The molecule has 1 aromatic heterocycles. The fraction of sp³-hybridized carbons (Fsp3) is 0.438. The van der Waals surface area contributed by atoms with E-state index in [-0.39, 0.29) is 16.3 Å². The highest BCUT2D eigenvalue weighted by molar-refractivity contribution is 8.00. The van der Waals surface area contributed by atoms with Gasteiger partial charge >= 0.3 is 0 Å². The molecule has 5 nitrogen and oxygen atoms in total. The van der Waals surface area contributed by atoms with Gasteiger partial charge in [0.25, 0.3) is 10.0 Å². The van der Waals surface area contributed by atoms with Crippen LogP contribution in [-0.2, 0) is 17.1 Å². The van der Waals surface area contributed by atoms with Crippen LogP contribution >= 0.6 is 11.8 Å². The van der Waals surface area contributed by atoms with Crippen molar-refractivity contribution in [1.82, 2.24) is 13.9 Å². The van der Waals surface area contributed by atoms with Gasteiger partial charge in [0.2, 0.25) is 0 Å². The van der Waals surface area contributed by atoms with E-state index in [4.69, 9.17) is 0 Å². The fourth-order valence-corrected chi connectivity index (χ4v) is 6.04. The van der Waals surface area contributed by atoms with Gasteiger partial charge in [0.1, 0.15) is 5.82 Å². The number of aromatic nitrogens is 2. The Morgan fingerprint density at radius 3 is 2.57 bits per heavy atom. The Morgan fingerprint density at radius 2 is 1.96 bits per heavy atom. The molecule has 0 amide bonds. The number of benzene rings is 1. The summed E-state index contributed by atoms with van der Waals surface area (Å²) in [5.41, 5.74) is 1.01. The van der Waals surface area contributed by atoms with Gasteiger partial charge in [0.15, 0.2) is 5.03 Å². The topological polar surface area (TPSA) is 55.2 Å². The van der Waals surface area contributed by atoms with Crippen molar-refractivity contribution < 1.29 is 8.42 Å². The predicted molar refractivity (Wildman–Crippen MR) is 92.8 cm³/mol. The molecule has 1 saturated heterocycles. The first-order valence-electron chi connectivity index (χ1n) is 7.63. The maximum atomic E-state index is 13.0. The standard InChI is InChI=1S/C16H21N3O2S2/c1-12(2)15-17-14(11-18(15)3)23(20,21)19-9-10-22-16(19)13-7-5-4-6-8-13/h4-8,11-12,16H,9-10H2,1-3H3. The van der Waals surface area contributed by atoms with Crippen molar-refractivity contribution in [3.8, 4) is 0 Å². The number of nitrogens with zero attached hydrogens (tertiary/aromatic N) is 3. The Morgan fingerprint density at radius 1 is 1.26 bits per heavy atom. The van der Waals surface area contributed by atoms with Gasteiger partial charge in [-0.1, -0.05) is 44.2 Å². The number of hydrogen-bond acceptors (Lipinski definition) is 4. The van der Waals surface area contributed by atoms with Gasteiger partial charge in [-0.25, -0.2) is 13.4 Å². The number of sulfonamides is 1. The zero-order chi connectivity index (χ0) is 16.6. The largest absolute Gasteiger partial charge is 0.336 e. The molecule has 3 rings (SSSR count). The van der Waals surface area contributed by atoms with Crippen LogP contribution in [0.3, 0.4) is 0 Å². The van der Waals surface area contributed by atoms with Crippen LogP contribution in [0.25, 0.3) is 0 Å². The highest BCUT2D eigenvalue weighted by atomic mass is 32.2. The molecule has 1 fully saturated rings. The van der Waals surface area contributed by atoms with E-state index in [2.05, 4.69) is 4.98 Å². The second kappa shape index (κ2) is 6.30. The number of thioether (sulfide) groups is 1. The summed E-state index contributed by atoms with van der Waals surface area (Å²) >= 11 is 1.65. The fourth-order valence-electron chi connectivity index (χ4n) is 2.81. The lowest BCUT2D eigenvalue weighted by Crippen LogP contribution is -2.30. The van der Waals surface area contributed by atoms with E-state index < -0.39 is 10.0 Å². The van der Waals surface area contributed by atoms with E-state index in [0.29, 0.717) is 6.54 Å². The molecular formula is C16H21N3O2S2. The smallest absolute Gasteiger partial charge is 0.263 e. The first-order valence-corrected chi connectivity index (χ1v) is 10.1. The average Bonchev–Trinajstić information content (AvgIpc) is 3.15. The summed E-state index contributed by atoms with van der Waals surface area (Å²) in [7, 11) is -1.75. The van der Waals surface area contributed by atoms with Crippen LogP contribution in [0.15, 0.2) is 41.6 Å². The van der Waals surface area contributed by atoms with E-state index in [1.165, 1.54) is 0 Å². The number of hydrogen-bond donors (Lipinski definition) is 0. The monoisotopic (exact) mass is 351 g/mol.